The van der Waals surface area contributed by atoms with E-state index in [1.54, 1.807) is 30.4 Å². The van der Waals surface area contributed by atoms with E-state index in [1.165, 1.54) is 0 Å². The molecular formula is C49H51N3O7. The first-order valence-corrected chi connectivity index (χ1v) is 20.9. The summed E-state index contributed by atoms with van der Waals surface area (Å²) in [5.74, 6) is -0.451. The van der Waals surface area contributed by atoms with E-state index in [4.69, 9.17) is 4.74 Å². The van der Waals surface area contributed by atoms with Crippen molar-refractivity contribution in [2.75, 3.05) is 11.9 Å². The fourth-order valence-corrected chi connectivity index (χ4v) is 9.78. The minimum absolute atomic E-state index is 0.0393. The summed E-state index contributed by atoms with van der Waals surface area (Å²) < 4.78 is 6.33. The zero-order valence-corrected chi connectivity index (χ0v) is 33.0. The number of aromatic amines is 2. The molecule has 1 fully saturated rings. The van der Waals surface area contributed by atoms with Crippen LogP contribution >= 0.6 is 0 Å². The van der Waals surface area contributed by atoms with Crippen LogP contribution in [-0.4, -0.2) is 60.2 Å². The molecule has 7 N–H and O–H groups in total. The number of aliphatic hydroxyl groups excluding tert-OH is 1. The second-order valence-electron chi connectivity index (χ2n) is 16.9. The van der Waals surface area contributed by atoms with Gasteiger partial charge in [-0.2, -0.15) is 0 Å². The van der Waals surface area contributed by atoms with Gasteiger partial charge >= 0.3 is 0 Å². The van der Waals surface area contributed by atoms with Crippen LogP contribution in [0.25, 0.3) is 12.2 Å². The molecular weight excluding hydrogens is 743 g/mol. The van der Waals surface area contributed by atoms with Crippen LogP contribution in [0.15, 0.2) is 90.8 Å². The summed E-state index contributed by atoms with van der Waals surface area (Å²) in [7, 11) is 0. The van der Waals surface area contributed by atoms with Crippen molar-refractivity contribution in [1.82, 2.24) is 9.97 Å². The fourth-order valence-electron chi connectivity index (χ4n) is 9.78. The van der Waals surface area contributed by atoms with Crippen LogP contribution in [-0.2, 0) is 28.9 Å². The lowest BCUT2D eigenvalue weighted by Crippen LogP contribution is -2.37. The Balaban J connectivity index is 1.08. The van der Waals surface area contributed by atoms with Crippen LogP contribution < -0.4 is 10.1 Å². The molecule has 10 heteroatoms. The number of rotatable bonds is 4. The van der Waals surface area contributed by atoms with Gasteiger partial charge in [0.25, 0.3) is 0 Å². The second-order valence-corrected chi connectivity index (χ2v) is 16.9. The molecule has 0 radical (unpaired) electrons. The molecule has 59 heavy (non-hydrogen) atoms. The van der Waals surface area contributed by atoms with Gasteiger partial charge < -0.3 is 40.4 Å². The molecule has 304 valence electrons. The number of hydrogen-bond donors (Lipinski definition) is 7. The number of anilines is 1. The smallest absolute Gasteiger partial charge is 0.163 e. The number of hydrogen-bond acceptors (Lipinski definition) is 8. The van der Waals surface area contributed by atoms with Crippen molar-refractivity contribution in [1.29, 1.82) is 0 Å². The lowest BCUT2D eigenvalue weighted by atomic mass is 9.68. The van der Waals surface area contributed by atoms with Gasteiger partial charge in [0, 0.05) is 60.4 Å². The highest BCUT2D eigenvalue weighted by Crippen LogP contribution is 2.46. The van der Waals surface area contributed by atoms with Gasteiger partial charge in [-0.15, -0.1) is 0 Å². The highest BCUT2D eigenvalue weighted by molar-refractivity contribution is 6.02. The average Bonchev–Trinajstić information content (AvgIpc) is 4.00. The number of phenols is 2. The maximum absolute atomic E-state index is 14.8. The molecule has 1 aliphatic heterocycles. The first-order valence-electron chi connectivity index (χ1n) is 20.9. The third-order valence-corrected chi connectivity index (χ3v) is 12.9. The van der Waals surface area contributed by atoms with Crippen molar-refractivity contribution in [3.63, 3.8) is 0 Å². The number of fused-ring (bicyclic) bond motifs is 8. The number of Topliss-reactive ketones (excluding diaryl/α,β-unsaturated/α-hetero) is 2. The summed E-state index contributed by atoms with van der Waals surface area (Å²) >= 11 is 0. The number of H-pyrrole nitrogens is 2. The van der Waals surface area contributed by atoms with E-state index >= 15 is 0 Å². The highest BCUT2D eigenvalue weighted by Gasteiger charge is 2.42. The minimum Gasteiger partial charge on any atom is -0.507 e. The first-order chi connectivity index (χ1) is 28.6. The predicted octanol–water partition coefficient (Wildman–Crippen LogP) is 8.21. The maximum Gasteiger partial charge on any atom is 0.163 e. The van der Waals surface area contributed by atoms with Crippen molar-refractivity contribution in [3.05, 3.63) is 141 Å². The quantitative estimate of drug-likeness (QED) is 0.0894. The lowest BCUT2D eigenvalue weighted by molar-refractivity contribution is -0.129. The Hall–Kier alpha value is -5.84. The van der Waals surface area contributed by atoms with Crippen LogP contribution in [0.1, 0.15) is 114 Å². The number of ketones is 2. The standard InChI is InChI=1S/C49H51N3O7/c53-35-12-11-30-23-39(47(57)44(24-30)59-36-8-1-2-9-36)46(56)32-7-3-5-29(21-32)22-33-15-19-51-48(33)52-28-34-25-41-38(16-20-50-41)40(45(34)43(55)26-35)27-49(58)17-13-31-6-4-10-42(54)37(31)14-18-49/h3-7,10,14-16,18-21,23-25,36,40,45-46,50-52,54,56-58H,1-2,8-9,11-13,17,22,26-28H2/t40-,45+,46-,49+/m0/s1. The van der Waals surface area contributed by atoms with Crippen LogP contribution in [0, 0.1) is 5.92 Å². The Kier molecular flexibility index (Phi) is 10.5. The Labute approximate surface area is 343 Å². The number of carbonyl (C=O) groups excluding carboxylic acids is 2. The summed E-state index contributed by atoms with van der Waals surface area (Å²) in [6.45, 7) is 0.314. The lowest BCUT2D eigenvalue weighted by Gasteiger charge is -2.37. The van der Waals surface area contributed by atoms with E-state index in [0.29, 0.717) is 54.7 Å². The van der Waals surface area contributed by atoms with Gasteiger partial charge in [0.05, 0.1) is 18.1 Å². The van der Waals surface area contributed by atoms with E-state index in [1.807, 2.05) is 67.0 Å². The molecule has 10 nitrogen and oxygen atoms in total. The van der Waals surface area contributed by atoms with Gasteiger partial charge in [0.2, 0.25) is 0 Å². The van der Waals surface area contributed by atoms with E-state index in [-0.39, 0.29) is 48.4 Å². The number of benzene rings is 3. The third kappa shape index (κ3) is 7.99. The molecule has 0 amide bonds. The molecule has 3 aromatic carbocycles. The van der Waals surface area contributed by atoms with Crippen molar-refractivity contribution in [2.45, 2.75) is 94.4 Å². The molecule has 4 bridgehead atoms. The molecule has 3 aliphatic carbocycles. The minimum atomic E-state index is -1.30. The summed E-state index contributed by atoms with van der Waals surface area (Å²) in [6, 6.07) is 20.6. The summed E-state index contributed by atoms with van der Waals surface area (Å²) in [4.78, 5) is 35.4. The normalized spacial score (nSPS) is 23.6. The van der Waals surface area contributed by atoms with E-state index < -0.39 is 23.5 Å². The predicted molar refractivity (Wildman–Crippen MR) is 227 cm³/mol. The highest BCUT2D eigenvalue weighted by atomic mass is 16.5. The van der Waals surface area contributed by atoms with E-state index in [2.05, 4.69) is 15.3 Å². The number of aromatic nitrogens is 2. The average molecular weight is 794 g/mol. The van der Waals surface area contributed by atoms with Crippen LogP contribution in [0.3, 0.4) is 0 Å². The topological polar surface area (TPSA) is 168 Å². The van der Waals surface area contributed by atoms with Gasteiger partial charge in [0.15, 0.2) is 11.5 Å². The van der Waals surface area contributed by atoms with E-state index in [9.17, 15) is 30.0 Å². The molecule has 2 aromatic heterocycles. The fraction of sp³-hybridized carbons (Fsp3) is 0.347. The number of phenolic OH excluding ortho intramolecular Hbond substituents is 2. The molecule has 5 aromatic rings. The molecule has 0 saturated heterocycles. The molecule has 0 spiro atoms. The molecule has 4 atom stereocenters. The largest absolute Gasteiger partial charge is 0.507 e. The third-order valence-electron chi connectivity index (χ3n) is 12.9. The zero-order valence-electron chi connectivity index (χ0n) is 33.0. The number of aromatic hydroxyl groups is 2. The number of aliphatic hydroxyl groups is 2. The van der Waals surface area contributed by atoms with E-state index in [0.717, 1.165) is 70.6 Å². The van der Waals surface area contributed by atoms with Crippen molar-refractivity contribution < 1.29 is 34.8 Å². The summed E-state index contributed by atoms with van der Waals surface area (Å²) in [5, 5.41) is 49.8. The molecule has 9 rings (SSSR count). The number of nitrogens with one attached hydrogen (secondary N) is 3. The van der Waals surface area contributed by atoms with Gasteiger partial charge in [0.1, 0.15) is 29.2 Å². The maximum atomic E-state index is 14.8. The van der Waals surface area contributed by atoms with Gasteiger partial charge in [-0.25, -0.2) is 0 Å². The first kappa shape index (κ1) is 38.7. The Morgan fingerprint density at radius 2 is 1.66 bits per heavy atom. The Morgan fingerprint density at radius 3 is 2.53 bits per heavy atom. The van der Waals surface area contributed by atoms with Gasteiger partial charge in [-0.3, -0.25) is 9.59 Å². The van der Waals surface area contributed by atoms with Gasteiger partial charge in [-0.05, 0) is 127 Å². The summed E-state index contributed by atoms with van der Waals surface area (Å²) in [6.07, 6.45) is 13.8. The number of ether oxygens (including phenoxy) is 1. The molecule has 4 aliphatic rings. The van der Waals surface area contributed by atoms with Crippen molar-refractivity contribution >= 4 is 29.5 Å². The second kappa shape index (κ2) is 16.1. The number of carbonyl (C=O) groups is 2. The van der Waals surface area contributed by atoms with Crippen molar-refractivity contribution in [2.24, 2.45) is 5.92 Å². The molecule has 1 saturated carbocycles. The van der Waals surface area contributed by atoms with Crippen LogP contribution in [0.2, 0.25) is 0 Å². The molecule has 3 heterocycles. The number of aryl methyl sites for hydroxylation is 2. The summed E-state index contributed by atoms with van der Waals surface area (Å²) in [5.41, 5.74) is 6.54. The Bertz CT molecular complexity index is 2450. The molecule has 0 unspecified atom stereocenters. The van der Waals surface area contributed by atoms with Crippen LogP contribution in [0.4, 0.5) is 5.82 Å². The Morgan fingerprint density at radius 1 is 0.831 bits per heavy atom. The van der Waals surface area contributed by atoms with Crippen LogP contribution in [0.5, 0.6) is 17.2 Å². The van der Waals surface area contributed by atoms with Gasteiger partial charge in [-0.1, -0.05) is 48.6 Å². The zero-order chi connectivity index (χ0) is 40.7. The van der Waals surface area contributed by atoms with Crippen molar-refractivity contribution in [3.8, 4) is 17.2 Å². The SMILES string of the molecule is O=C1CCc2cc(OC3CCCC3)c(O)c(c2)[C@@H](O)c2cccc(c2)Cc2cc[nH]c2NCC2=Cc3[nH]ccc3[C@H](C[C@]3(O)C=Cc4c(O)cccc4CC3)[C@@H]2C(=O)C1. The monoisotopic (exact) mass is 793 g/mol.